The van der Waals surface area contributed by atoms with Gasteiger partial charge in [0.15, 0.2) is 5.75 Å². The Hall–Kier alpha value is -1.97. The van der Waals surface area contributed by atoms with E-state index in [0.29, 0.717) is 0 Å². The first-order chi connectivity index (χ1) is 8.29. The molecule has 1 fully saturated rings. The first-order valence-electron chi connectivity index (χ1n) is 5.85. The summed E-state index contributed by atoms with van der Waals surface area (Å²) in [5, 5.41) is 4.28. The van der Waals surface area contributed by atoms with Crippen molar-refractivity contribution >= 4 is 5.69 Å². The third-order valence-corrected chi connectivity index (χ3v) is 2.87. The van der Waals surface area contributed by atoms with E-state index in [-0.39, 0.29) is 0 Å². The highest BCUT2D eigenvalue weighted by atomic mass is 16.5. The van der Waals surface area contributed by atoms with Crippen LogP contribution < -0.4 is 10.5 Å². The van der Waals surface area contributed by atoms with Crippen molar-refractivity contribution in [1.29, 1.82) is 0 Å². The van der Waals surface area contributed by atoms with Crippen LogP contribution in [0.3, 0.4) is 0 Å². The Kier molecular flexibility index (Phi) is 2.48. The first kappa shape index (κ1) is 10.2. The Morgan fingerprint density at radius 1 is 1.24 bits per heavy atom. The fraction of sp³-hybridized carbons (Fsp3) is 0.308. The summed E-state index contributed by atoms with van der Waals surface area (Å²) in [6, 6.07) is 7.36. The molecule has 4 heteroatoms. The third-order valence-electron chi connectivity index (χ3n) is 2.87. The van der Waals surface area contributed by atoms with E-state index in [1.807, 2.05) is 35.1 Å². The summed E-state index contributed by atoms with van der Waals surface area (Å²) in [5.74, 6) is 2.37. The summed E-state index contributed by atoms with van der Waals surface area (Å²) >= 11 is 0. The highest BCUT2D eigenvalue weighted by molar-refractivity contribution is 5.42. The second kappa shape index (κ2) is 4.13. The maximum Gasteiger partial charge on any atom is 0.165 e. The second-order valence-corrected chi connectivity index (χ2v) is 4.51. The normalized spacial score (nSPS) is 14.8. The summed E-state index contributed by atoms with van der Waals surface area (Å²) in [6.07, 6.45) is 6.34. The smallest absolute Gasteiger partial charge is 0.165 e. The number of ether oxygens (including phenoxy) is 1. The fourth-order valence-corrected chi connectivity index (χ4v) is 1.73. The lowest BCUT2D eigenvalue weighted by atomic mass is 10.3. The molecule has 0 saturated heterocycles. The highest BCUT2D eigenvalue weighted by Crippen LogP contribution is 2.31. The van der Waals surface area contributed by atoms with Gasteiger partial charge >= 0.3 is 0 Å². The van der Waals surface area contributed by atoms with E-state index in [9.17, 15) is 0 Å². The number of anilines is 1. The van der Waals surface area contributed by atoms with Crippen LogP contribution >= 0.6 is 0 Å². The Morgan fingerprint density at radius 3 is 2.71 bits per heavy atom. The van der Waals surface area contributed by atoms with Crippen molar-refractivity contribution in [2.24, 2.45) is 5.92 Å². The van der Waals surface area contributed by atoms with Crippen molar-refractivity contribution in [3.05, 3.63) is 36.7 Å². The van der Waals surface area contributed by atoms with Crippen LogP contribution in [0.5, 0.6) is 11.5 Å². The molecule has 4 nitrogen and oxygen atoms in total. The molecule has 0 spiro atoms. The SMILES string of the molecule is Nc1ccc(Oc2cnn(CC3CC3)c2)cc1. The molecule has 0 bridgehead atoms. The minimum absolute atomic E-state index is 0.738. The summed E-state index contributed by atoms with van der Waals surface area (Å²) in [4.78, 5) is 0. The molecule has 88 valence electrons. The molecule has 1 saturated carbocycles. The number of nitrogens with zero attached hydrogens (tertiary/aromatic N) is 2. The van der Waals surface area contributed by atoms with Crippen LogP contribution in [-0.2, 0) is 6.54 Å². The van der Waals surface area contributed by atoms with E-state index in [2.05, 4.69) is 5.10 Å². The molecule has 0 unspecified atom stereocenters. The van der Waals surface area contributed by atoms with E-state index < -0.39 is 0 Å². The number of nitrogen functional groups attached to an aromatic ring is 1. The molecule has 1 aromatic heterocycles. The molecular formula is C13H15N3O. The van der Waals surface area contributed by atoms with Crippen LogP contribution in [0.4, 0.5) is 5.69 Å². The zero-order chi connectivity index (χ0) is 11.7. The molecule has 1 heterocycles. The van der Waals surface area contributed by atoms with Crippen molar-refractivity contribution in [3.63, 3.8) is 0 Å². The standard InChI is InChI=1S/C13H15N3O/c14-11-3-5-12(6-4-11)17-13-7-15-16(9-13)8-10-1-2-10/h3-7,9-10H,1-2,8,14H2. The van der Waals surface area contributed by atoms with Gasteiger partial charge in [-0.15, -0.1) is 0 Å². The number of hydrogen-bond donors (Lipinski definition) is 1. The molecule has 2 N–H and O–H groups in total. The second-order valence-electron chi connectivity index (χ2n) is 4.51. The number of rotatable bonds is 4. The van der Waals surface area contributed by atoms with Crippen LogP contribution in [-0.4, -0.2) is 9.78 Å². The van der Waals surface area contributed by atoms with Gasteiger partial charge in [-0.2, -0.15) is 5.10 Å². The maximum absolute atomic E-state index is 5.68. The van der Waals surface area contributed by atoms with Gasteiger partial charge in [-0.3, -0.25) is 4.68 Å². The predicted octanol–water partition coefficient (Wildman–Crippen LogP) is 2.67. The molecule has 1 aromatic carbocycles. The van der Waals surface area contributed by atoms with Crippen LogP contribution in [0, 0.1) is 5.92 Å². The maximum atomic E-state index is 5.68. The Morgan fingerprint density at radius 2 is 2.00 bits per heavy atom. The minimum Gasteiger partial charge on any atom is -0.454 e. The van der Waals surface area contributed by atoms with E-state index in [1.54, 1.807) is 6.20 Å². The van der Waals surface area contributed by atoms with Gasteiger partial charge in [-0.05, 0) is 43.0 Å². The fourth-order valence-electron chi connectivity index (χ4n) is 1.73. The van der Waals surface area contributed by atoms with Crippen LogP contribution in [0.25, 0.3) is 0 Å². The number of benzene rings is 1. The molecule has 1 aliphatic rings. The van der Waals surface area contributed by atoms with E-state index >= 15 is 0 Å². The Bertz CT molecular complexity index is 500. The van der Waals surface area contributed by atoms with Crippen LogP contribution in [0.1, 0.15) is 12.8 Å². The molecule has 1 aliphatic carbocycles. The molecule has 0 radical (unpaired) electrons. The largest absolute Gasteiger partial charge is 0.454 e. The van der Waals surface area contributed by atoms with Crippen molar-refractivity contribution in [3.8, 4) is 11.5 Å². The molecule has 0 aliphatic heterocycles. The zero-order valence-electron chi connectivity index (χ0n) is 9.54. The van der Waals surface area contributed by atoms with E-state index in [0.717, 1.165) is 29.6 Å². The molecule has 2 aromatic rings. The van der Waals surface area contributed by atoms with Gasteiger partial charge in [0, 0.05) is 12.2 Å². The quantitative estimate of drug-likeness (QED) is 0.820. The van der Waals surface area contributed by atoms with Gasteiger partial charge in [0.2, 0.25) is 0 Å². The van der Waals surface area contributed by atoms with Crippen molar-refractivity contribution in [1.82, 2.24) is 9.78 Å². The summed E-state index contributed by atoms with van der Waals surface area (Å²) in [5.41, 5.74) is 6.35. The van der Waals surface area contributed by atoms with Gasteiger partial charge in [0.25, 0.3) is 0 Å². The van der Waals surface area contributed by atoms with Crippen LogP contribution in [0.2, 0.25) is 0 Å². The van der Waals surface area contributed by atoms with Gasteiger partial charge in [-0.1, -0.05) is 0 Å². The van der Waals surface area contributed by atoms with Crippen molar-refractivity contribution < 1.29 is 4.74 Å². The Balaban J connectivity index is 1.67. The molecule has 0 amide bonds. The summed E-state index contributed by atoms with van der Waals surface area (Å²) < 4.78 is 7.63. The molecule has 3 rings (SSSR count). The lowest BCUT2D eigenvalue weighted by Crippen LogP contribution is -1.98. The lowest BCUT2D eigenvalue weighted by molar-refractivity contribution is 0.479. The number of hydrogen-bond acceptors (Lipinski definition) is 3. The lowest BCUT2D eigenvalue weighted by Gasteiger charge is -2.02. The van der Waals surface area contributed by atoms with Crippen LogP contribution in [0.15, 0.2) is 36.7 Å². The van der Waals surface area contributed by atoms with Gasteiger partial charge in [-0.25, -0.2) is 0 Å². The molecular weight excluding hydrogens is 214 g/mol. The summed E-state index contributed by atoms with van der Waals surface area (Å²) in [6.45, 7) is 1.01. The van der Waals surface area contributed by atoms with Crippen molar-refractivity contribution in [2.75, 3.05) is 5.73 Å². The number of aromatic nitrogens is 2. The summed E-state index contributed by atoms with van der Waals surface area (Å²) in [7, 11) is 0. The topological polar surface area (TPSA) is 53.1 Å². The predicted molar refractivity (Wildman–Crippen MR) is 65.9 cm³/mol. The third kappa shape index (κ3) is 2.58. The molecule has 0 atom stereocenters. The number of nitrogens with two attached hydrogens (primary N) is 1. The highest BCUT2D eigenvalue weighted by Gasteiger charge is 2.22. The van der Waals surface area contributed by atoms with Gasteiger partial charge < -0.3 is 10.5 Å². The van der Waals surface area contributed by atoms with Gasteiger partial charge in [0.05, 0.1) is 12.4 Å². The van der Waals surface area contributed by atoms with Crippen molar-refractivity contribution in [2.45, 2.75) is 19.4 Å². The van der Waals surface area contributed by atoms with Gasteiger partial charge in [0.1, 0.15) is 5.75 Å². The van der Waals surface area contributed by atoms with E-state index in [1.165, 1.54) is 12.8 Å². The monoisotopic (exact) mass is 229 g/mol. The zero-order valence-corrected chi connectivity index (χ0v) is 9.54. The molecule has 17 heavy (non-hydrogen) atoms. The van der Waals surface area contributed by atoms with E-state index in [4.69, 9.17) is 10.5 Å². The average molecular weight is 229 g/mol. The Labute approximate surface area is 100 Å². The minimum atomic E-state index is 0.738. The average Bonchev–Trinajstić information content (AvgIpc) is 3.02. The first-order valence-corrected chi connectivity index (χ1v) is 5.85.